The Bertz CT molecular complexity index is 59.6. The van der Waals surface area contributed by atoms with E-state index in [1.165, 1.54) is 21.3 Å². The van der Waals surface area contributed by atoms with Crippen molar-refractivity contribution in [1.82, 2.24) is 0 Å². The maximum atomic E-state index is 4.82. The molecule has 0 unspecified atom stereocenters. The van der Waals surface area contributed by atoms with Gasteiger partial charge in [0.15, 0.2) is 0 Å². The van der Waals surface area contributed by atoms with E-state index in [9.17, 15) is 0 Å². The summed E-state index contributed by atoms with van der Waals surface area (Å²) in [7, 11) is 2.14. The fourth-order valence-corrected chi connectivity index (χ4v) is 0.750. The van der Waals surface area contributed by atoms with Crippen LogP contribution in [0.5, 0.6) is 0 Å². The first-order chi connectivity index (χ1) is 3.68. The molecule has 0 rings (SSSR count). The van der Waals surface area contributed by atoms with Crippen molar-refractivity contribution in [1.29, 1.82) is 0 Å². The Morgan fingerprint density at radius 3 is 1.20 bits per heavy atom. The first-order valence-electron chi connectivity index (χ1n) is 2.19. The number of hydrogen-bond donors (Lipinski definition) is 0. The van der Waals surface area contributed by atoms with E-state index in [1.54, 1.807) is 0 Å². The Balaban J connectivity index is -0.000000245. The molecular weight excluding hydrogens is 187 g/mol. The van der Waals surface area contributed by atoms with Crippen LogP contribution in [0.2, 0.25) is 0 Å². The van der Waals surface area contributed by atoms with E-state index in [4.69, 9.17) is 13.3 Å². The smallest absolute Gasteiger partial charge is 0.397 e. The Hall–Kier alpha value is 0.681. The Labute approximate surface area is 76.3 Å². The molecule has 0 bridgehead atoms. The summed E-state index contributed by atoms with van der Waals surface area (Å²) >= 11 is 0. The fraction of sp³-hybridized carbons (Fsp3) is 0.600. The zero-order valence-electron chi connectivity index (χ0n) is 6.88. The molecule has 0 saturated heterocycles. The van der Waals surface area contributed by atoms with Gasteiger partial charge in [-0.3, -0.25) is 6.55 Å². The topological polar surface area (TPSA) is 27.7 Å². The third kappa shape index (κ3) is 5.46. The zero-order valence-corrected chi connectivity index (χ0v) is 9.28. The molecule has 0 spiro atoms. The van der Waals surface area contributed by atoms with Gasteiger partial charge in [0.2, 0.25) is 0 Å². The van der Waals surface area contributed by atoms with Gasteiger partial charge in [-0.25, -0.2) is 0 Å². The van der Waals surface area contributed by atoms with Gasteiger partial charge in [-0.15, -0.1) is 0 Å². The summed E-state index contributed by atoms with van der Waals surface area (Å²) in [6.45, 7) is 3.60. The first kappa shape index (κ1) is 17.0. The van der Waals surface area contributed by atoms with Gasteiger partial charge in [0, 0.05) is 21.3 Å². The number of rotatable bonds is 3. The minimum atomic E-state index is -2.42. The van der Waals surface area contributed by atoms with Crippen LogP contribution >= 0.6 is 0 Å². The maximum absolute atomic E-state index is 4.82. The largest absolute Gasteiger partial charge is 2.00 e. The second-order valence-electron chi connectivity index (χ2n) is 1.30. The molecule has 0 heterocycles. The van der Waals surface area contributed by atoms with Crippen molar-refractivity contribution < 1.29 is 31.8 Å². The van der Waals surface area contributed by atoms with Gasteiger partial charge in [0.1, 0.15) is 0 Å². The van der Waals surface area contributed by atoms with Crippen molar-refractivity contribution in [2.45, 2.75) is 0 Å². The van der Waals surface area contributed by atoms with Gasteiger partial charge in [0.25, 0.3) is 0 Å². The molecule has 10 heavy (non-hydrogen) atoms. The number of hydrogen-bond acceptors (Lipinski definition) is 3. The molecule has 0 aliphatic heterocycles. The van der Waals surface area contributed by atoms with Crippen LogP contribution in [0, 0.1) is 14.0 Å². The molecule has 1 radical (unpaired) electrons. The summed E-state index contributed by atoms with van der Waals surface area (Å²) in [5.74, 6) is 0. The van der Waals surface area contributed by atoms with Crippen LogP contribution in [-0.4, -0.2) is 30.1 Å². The Morgan fingerprint density at radius 2 is 1.20 bits per heavy atom. The van der Waals surface area contributed by atoms with Crippen LogP contribution in [0.15, 0.2) is 0 Å². The average molecular weight is 201 g/mol. The molecule has 0 aliphatic carbocycles. The van der Waals surface area contributed by atoms with Crippen LogP contribution in [-0.2, 0) is 31.8 Å². The average Bonchev–Trinajstić information content (AvgIpc) is 1.87. The summed E-state index contributed by atoms with van der Waals surface area (Å²) < 4.78 is 14.5. The summed E-state index contributed by atoms with van der Waals surface area (Å²) in [6, 6.07) is 0. The summed E-state index contributed by atoms with van der Waals surface area (Å²) in [4.78, 5) is 0. The molecule has 0 aromatic heterocycles. The quantitative estimate of drug-likeness (QED) is 0.496. The molecule has 0 aromatic rings. The van der Waals surface area contributed by atoms with Gasteiger partial charge in [-0.05, 0) is 0 Å². The normalized spacial score (nSPS) is 9.60. The van der Waals surface area contributed by atoms with E-state index in [2.05, 4.69) is 6.55 Å². The van der Waals surface area contributed by atoms with Crippen molar-refractivity contribution in [2.75, 3.05) is 21.3 Å². The Morgan fingerprint density at radius 1 is 1.00 bits per heavy atom. The summed E-state index contributed by atoms with van der Waals surface area (Å²) in [5, 5.41) is 0. The van der Waals surface area contributed by atoms with Gasteiger partial charge in [-0.2, -0.15) is 0 Å². The maximum Gasteiger partial charge on any atom is 2.00 e. The molecular formula is C5H14O3SiV. The van der Waals surface area contributed by atoms with Crippen molar-refractivity contribution in [3.8, 4) is 0 Å². The third-order valence-corrected chi connectivity index (χ3v) is 2.80. The van der Waals surface area contributed by atoms with Gasteiger partial charge in [-0.1, -0.05) is 0 Å². The second kappa shape index (κ2) is 7.78. The van der Waals surface area contributed by atoms with E-state index in [0.29, 0.717) is 0 Å². The van der Waals surface area contributed by atoms with Crippen LogP contribution < -0.4 is 0 Å². The zero-order chi connectivity index (χ0) is 6.62. The van der Waals surface area contributed by atoms with Crippen molar-refractivity contribution in [3.63, 3.8) is 0 Å². The van der Waals surface area contributed by atoms with Crippen LogP contribution in [0.25, 0.3) is 0 Å². The summed E-state index contributed by atoms with van der Waals surface area (Å²) in [6.07, 6.45) is 0. The molecule has 0 aliphatic rings. The first-order valence-corrected chi connectivity index (χ1v) is 4.12. The minimum Gasteiger partial charge on any atom is -0.397 e. The van der Waals surface area contributed by atoms with Crippen molar-refractivity contribution in [2.24, 2.45) is 0 Å². The summed E-state index contributed by atoms with van der Waals surface area (Å²) in [5.41, 5.74) is 0. The van der Waals surface area contributed by atoms with Crippen LogP contribution in [0.1, 0.15) is 0 Å². The van der Waals surface area contributed by atoms with Gasteiger partial charge >= 0.3 is 27.4 Å². The fourth-order valence-electron chi connectivity index (χ4n) is 0.250. The Kier molecular flexibility index (Phi) is 13.2. The predicted octanol–water partition coefficient (Wildman–Crippen LogP) is 0.686. The van der Waals surface area contributed by atoms with E-state index in [0.717, 1.165) is 0 Å². The molecule has 0 N–H and O–H groups in total. The molecule has 61 valence electrons. The molecule has 0 fully saturated rings. The van der Waals surface area contributed by atoms with Gasteiger partial charge < -0.3 is 20.7 Å². The minimum absolute atomic E-state index is 0. The van der Waals surface area contributed by atoms with E-state index in [-0.39, 0.29) is 26.0 Å². The standard InChI is InChI=1S/C4H11O3Si.CH3.V/c1-5-8(4,6-2)7-3;;/h4H2,1-3H3;1H3;/q2*-1;+2. The molecule has 0 amide bonds. The van der Waals surface area contributed by atoms with E-state index in [1.807, 2.05) is 0 Å². The predicted molar refractivity (Wildman–Crippen MR) is 38.6 cm³/mol. The molecule has 0 saturated carbocycles. The molecule has 3 nitrogen and oxygen atoms in total. The molecule has 0 atom stereocenters. The molecule has 5 heteroatoms. The monoisotopic (exact) mass is 201 g/mol. The van der Waals surface area contributed by atoms with E-state index >= 15 is 0 Å². The van der Waals surface area contributed by atoms with E-state index < -0.39 is 8.80 Å². The van der Waals surface area contributed by atoms with Crippen LogP contribution in [0.3, 0.4) is 0 Å². The van der Waals surface area contributed by atoms with Gasteiger partial charge in [0.05, 0.1) is 0 Å². The SMILES string of the molecule is [CH2-][Si](OC)(OC)OC.[CH3-].[V+2]. The third-order valence-electron chi connectivity index (χ3n) is 0.933. The van der Waals surface area contributed by atoms with Crippen LogP contribution in [0.4, 0.5) is 0 Å². The second-order valence-corrected chi connectivity index (χ2v) is 3.89. The van der Waals surface area contributed by atoms with Crippen molar-refractivity contribution >= 4 is 8.80 Å². The molecule has 0 aromatic carbocycles. The van der Waals surface area contributed by atoms with Crippen molar-refractivity contribution in [3.05, 3.63) is 14.0 Å².